The number of ether oxygens (including phenoxy) is 1. The third kappa shape index (κ3) is 11.0. The Labute approximate surface area is 227 Å². The van der Waals surface area contributed by atoms with Gasteiger partial charge >= 0.3 is 0 Å². The first-order valence-electron chi connectivity index (χ1n) is 11.3. The number of benzene rings is 2. The maximum Gasteiger partial charge on any atom is 0.229 e. The summed E-state index contributed by atoms with van der Waals surface area (Å²) >= 11 is 7.79. The highest BCUT2D eigenvalue weighted by Gasteiger charge is 2.20. The molecule has 204 valence electrons. The molecule has 3 N–H and O–H groups in total. The topological polar surface area (TPSA) is 146 Å². The summed E-state index contributed by atoms with van der Waals surface area (Å²) in [5.41, 5.74) is 2.72. The quantitative estimate of drug-likeness (QED) is 0.402. The van der Waals surface area contributed by atoms with E-state index in [1.54, 1.807) is 6.92 Å². The molecule has 3 rings (SSSR count). The molecular formula is C25H34ClN3O6S2. The van der Waals surface area contributed by atoms with Crippen LogP contribution in [0.15, 0.2) is 36.4 Å². The minimum atomic E-state index is -3.62. The second-order valence-corrected chi connectivity index (χ2v) is 10.6. The lowest BCUT2D eigenvalue weighted by Crippen LogP contribution is -2.33. The molecule has 0 aliphatic carbocycles. The number of fused-ring (bicyclic) bond motifs is 1. The monoisotopic (exact) mass is 571 g/mol. The van der Waals surface area contributed by atoms with Gasteiger partial charge in [-0.2, -0.15) is 0 Å². The Kier molecular flexibility index (Phi) is 15.5. The van der Waals surface area contributed by atoms with Crippen LogP contribution in [-0.2, 0) is 24.4 Å². The minimum absolute atomic E-state index is 0.0334. The van der Waals surface area contributed by atoms with Gasteiger partial charge in [-0.1, -0.05) is 37.6 Å². The molecule has 2 aromatic carbocycles. The molecule has 9 nitrogen and oxygen atoms in total. The van der Waals surface area contributed by atoms with E-state index in [0.29, 0.717) is 15.8 Å². The Bertz CT molecular complexity index is 1250. The van der Waals surface area contributed by atoms with Crippen LogP contribution in [0.2, 0.25) is 5.02 Å². The second kappa shape index (κ2) is 16.8. The number of carbonyl (C=O) groups excluding carboxylic acids is 3. The fourth-order valence-electron chi connectivity index (χ4n) is 2.92. The van der Waals surface area contributed by atoms with Crippen molar-refractivity contribution in [2.75, 3.05) is 12.3 Å². The van der Waals surface area contributed by atoms with Crippen molar-refractivity contribution in [1.29, 1.82) is 0 Å². The first kappa shape index (κ1) is 34.1. The van der Waals surface area contributed by atoms with E-state index in [0.717, 1.165) is 21.3 Å². The number of halogens is 1. The summed E-state index contributed by atoms with van der Waals surface area (Å²) in [6, 6.07) is 11.5. The molecule has 0 aliphatic rings. The molecule has 1 amide bonds. The number of nitrogens with two attached hydrogens (primary N) is 1. The normalized spacial score (nSPS) is 11.1. The van der Waals surface area contributed by atoms with Crippen molar-refractivity contribution in [2.24, 2.45) is 5.14 Å². The second-order valence-electron chi connectivity index (χ2n) is 7.43. The predicted octanol–water partition coefficient (Wildman–Crippen LogP) is 4.57. The maximum atomic E-state index is 12.3. The van der Waals surface area contributed by atoms with Crippen molar-refractivity contribution in [3.05, 3.63) is 46.4 Å². The summed E-state index contributed by atoms with van der Waals surface area (Å²) in [5.74, 6) is -0.472. The third-order valence-corrected chi connectivity index (χ3v) is 6.75. The van der Waals surface area contributed by atoms with E-state index >= 15 is 0 Å². The summed E-state index contributed by atoms with van der Waals surface area (Å²) < 4.78 is 28.6. The lowest BCUT2D eigenvalue weighted by atomic mass is 10.1. The maximum absolute atomic E-state index is 12.3. The third-order valence-electron chi connectivity index (χ3n) is 4.48. The predicted molar refractivity (Wildman–Crippen MR) is 151 cm³/mol. The van der Waals surface area contributed by atoms with E-state index in [1.165, 1.54) is 11.3 Å². The Morgan fingerprint density at radius 2 is 1.65 bits per heavy atom. The van der Waals surface area contributed by atoms with Crippen LogP contribution in [0.3, 0.4) is 0 Å². The Morgan fingerprint density at radius 3 is 2.19 bits per heavy atom. The lowest BCUT2D eigenvalue weighted by Gasteiger charge is -2.12. The van der Waals surface area contributed by atoms with Crippen molar-refractivity contribution < 1.29 is 27.5 Å². The van der Waals surface area contributed by atoms with E-state index < -0.39 is 15.9 Å². The summed E-state index contributed by atoms with van der Waals surface area (Å²) in [4.78, 5) is 32.9. The summed E-state index contributed by atoms with van der Waals surface area (Å²) in [7, 11) is -3.62. The highest BCUT2D eigenvalue weighted by Crippen LogP contribution is 2.34. The van der Waals surface area contributed by atoms with Gasteiger partial charge in [-0.15, -0.1) is 11.3 Å². The summed E-state index contributed by atoms with van der Waals surface area (Å²) in [6.07, 6.45) is 0.0363. The minimum Gasteiger partial charge on any atom is -0.489 e. The molecule has 0 saturated carbocycles. The van der Waals surface area contributed by atoms with Crippen molar-refractivity contribution in [3.8, 4) is 16.9 Å². The number of nitrogens with one attached hydrogen (secondary N) is 1. The number of carbonyl (C=O) groups is 3. The SMILES string of the molecule is C=O.C=O.CC.CC(C)Oc1ccc(-c2ccc3nc(C(C)C(=O)NCCS(N)(=O)=O)sc3c2)cc1Cl. The average Bonchev–Trinajstić information content (AvgIpc) is 3.31. The zero-order chi connectivity index (χ0) is 28.8. The van der Waals surface area contributed by atoms with Gasteiger partial charge < -0.3 is 19.6 Å². The molecule has 0 spiro atoms. The van der Waals surface area contributed by atoms with Crippen LogP contribution < -0.4 is 15.2 Å². The molecule has 0 radical (unpaired) electrons. The zero-order valence-corrected chi connectivity index (χ0v) is 24.0. The van der Waals surface area contributed by atoms with Gasteiger partial charge in [-0.25, -0.2) is 18.5 Å². The van der Waals surface area contributed by atoms with Crippen LogP contribution in [0.4, 0.5) is 0 Å². The summed E-state index contributed by atoms with van der Waals surface area (Å²) in [6.45, 7) is 13.6. The van der Waals surface area contributed by atoms with Crippen LogP contribution in [0.5, 0.6) is 5.75 Å². The van der Waals surface area contributed by atoms with Crippen LogP contribution in [0.25, 0.3) is 21.3 Å². The highest BCUT2D eigenvalue weighted by molar-refractivity contribution is 7.89. The lowest BCUT2D eigenvalue weighted by molar-refractivity contribution is -0.122. The average molecular weight is 572 g/mol. The Balaban J connectivity index is 0.00000201. The number of nitrogens with zero attached hydrogens (tertiary/aromatic N) is 1. The number of primary sulfonamides is 1. The zero-order valence-electron chi connectivity index (χ0n) is 21.6. The van der Waals surface area contributed by atoms with Gasteiger partial charge in [0.15, 0.2) is 0 Å². The van der Waals surface area contributed by atoms with Gasteiger partial charge in [-0.3, -0.25) is 4.79 Å². The van der Waals surface area contributed by atoms with E-state index in [-0.39, 0.29) is 24.3 Å². The van der Waals surface area contributed by atoms with E-state index in [1.807, 2.05) is 77.7 Å². The molecule has 3 aromatic rings. The van der Waals surface area contributed by atoms with Crippen molar-refractivity contribution >= 4 is 62.7 Å². The standard InChI is InChI=1S/C21H24ClN3O4S2.C2H6.2CH2O/c1-12(2)29-18-7-5-14(10-16(18)22)15-4-6-17-19(11-15)30-21(25-17)13(3)20(26)24-8-9-31(23,27)28;3*1-2/h4-7,10-13H,8-9H2,1-3H3,(H,24,26)(H2,23,27,28);1-2H3;2*1H2. The molecule has 1 atom stereocenters. The first-order chi connectivity index (χ1) is 17.5. The van der Waals surface area contributed by atoms with E-state index in [4.69, 9.17) is 31.1 Å². The smallest absolute Gasteiger partial charge is 0.229 e. The van der Waals surface area contributed by atoms with E-state index in [2.05, 4.69) is 10.3 Å². The van der Waals surface area contributed by atoms with Crippen molar-refractivity contribution in [1.82, 2.24) is 10.3 Å². The van der Waals surface area contributed by atoms with Crippen LogP contribution >= 0.6 is 22.9 Å². The number of hydrogen-bond donors (Lipinski definition) is 2. The molecule has 12 heteroatoms. The number of rotatable bonds is 8. The Hall–Kier alpha value is -2.86. The number of aromatic nitrogens is 1. The molecule has 37 heavy (non-hydrogen) atoms. The van der Waals surface area contributed by atoms with Crippen LogP contribution in [0.1, 0.15) is 45.5 Å². The number of sulfonamides is 1. The van der Waals surface area contributed by atoms with Crippen molar-refractivity contribution in [2.45, 2.75) is 46.6 Å². The largest absolute Gasteiger partial charge is 0.489 e. The van der Waals surface area contributed by atoms with Gasteiger partial charge in [-0.05, 0) is 56.2 Å². The molecule has 1 aromatic heterocycles. The summed E-state index contributed by atoms with van der Waals surface area (Å²) in [5, 5.41) is 8.74. The molecule has 0 saturated heterocycles. The van der Waals surface area contributed by atoms with Gasteiger partial charge in [0.2, 0.25) is 15.9 Å². The molecule has 1 unspecified atom stereocenters. The van der Waals surface area contributed by atoms with Gasteiger partial charge in [0.25, 0.3) is 0 Å². The fourth-order valence-corrected chi connectivity index (χ4v) is 4.59. The van der Waals surface area contributed by atoms with Crippen LogP contribution in [0, 0.1) is 0 Å². The van der Waals surface area contributed by atoms with E-state index in [9.17, 15) is 13.2 Å². The van der Waals surface area contributed by atoms with Gasteiger partial charge in [0, 0.05) is 6.54 Å². The fraction of sp³-hybridized carbons (Fsp3) is 0.360. The molecule has 0 aliphatic heterocycles. The number of amides is 1. The molecule has 1 heterocycles. The number of thiazole rings is 1. The Morgan fingerprint density at radius 1 is 1.08 bits per heavy atom. The van der Waals surface area contributed by atoms with Crippen LogP contribution in [-0.4, -0.2) is 51.3 Å². The first-order valence-corrected chi connectivity index (χ1v) is 14.2. The van der Waals surface area contributed by atoms with Gasteiger partial charge in [0.1, 0.15) is 24.3 Å². The highest BCUT2D eigenvalue weighted by atomic mass is 35.5. The van der Waals surface area contributed by atoms with Gasteiger partial charge in [0.05, 0.1) is 33.0 Å². The van der Waals surface area contributed by atoms with Crippen molar-refractivity contribution in [3.63, 3.8) is 0 Å². The molecule has 0 bridgehead atoms. The molecule has 0 fully saturated rings. The number of hydrogen-bond acceptors (Lipinski definition) is 8. The molecular weight excluding hydrogens is 538 g/mol.